The number of piperidine rings is 1. The van der Waals surface area contributed by atoms with E-state index in [1.165, 1.54) is 6.07 Å². The molecule has 9 heteroatoms. The van der Waals surface area contributed by atoms with Crippen LogP contribution in [-0.2, 0) is 6.42 Å². The molecule has 198 valence electrons. The third kappa shape index (κ3) is 5.23. The summed E-state index contributed by atoms with van der Waals surface area (Å²) in [6, 6.07) is 11.6. The third-order valence-corrected chi connectivity index (χ3v) is 7.90. The highest BCUT2D eigenvalue weighted by atomic mass is 35.5. The van der Waals surface area contributed by atoms with Gasteiger partial charge in [-0.2, -0.15) is 0 Å². The van der Waals surface area contributed by atoms with Crippen molar-refractivity contribution in [1.82, 2.24) is 20.2 Å². The highest BCUT2D eigenvalue weighted by Crippen LogP contribution is 2.34. The van der Waals surface area contributed by atoms with Crippen molar-refractivity contribution in [2.24, 2.45) is 0 Å². The van der Waals surface area contributed by atoms with E-state index in [0.29, 0.717) is 29.0 Å². The van der Waals surface area contributed by atoms with Crippen LogP contribution in [0.25, 0.3) is 0 Å². The summed E-state index contributed by atoms with van der Waals surface area (Å²) in [5.74, 6) is 0.465. The molecule has 1 aromatic heterocycles. The number of carbonyl (C=O) groups is 2. The van der Waals surface area contributed by atoms with Crippen LogP contribution in [0.5, 0.6) is 0 Å². The lowest BCUT2D eigenvalue weighted by Gasteiger charge is -2.37. The fourth-order valence-corrected chi connectivity index (χ4v) is 5.74. The zero-order valence-corrected chi connectivity index (χ0v) is 22.6. The van der Waals surface area contributed by atoms with Gasteiger partial charge in [0.1, 0.15) is 17.5 Å². The largest absolute Gasteiger partial charge is 0.356 e. The van der Waals surface area contributed by atoms with Gasteiger partial charge in [-0.15, -0.1) is 0 Å². The predicted molar refractivity (Wildman–Crippen MR) is 145 cm³/mol. The Balaban J connectivity index is 1.25. The van der Waals surface area contributed by atoms with Gasteiger partial charge in [-0.25, -0.2) is 14.4 Å². The van der Waals surface area contributed by atoms with Crippen molar-refractivity contribution in [3.05, 3.63) is 87.1 Å². The SMILES string of the molecule is Cc1cc(N2CCC(N(C)C(=O)c3cc4c(cc3F)[C@H](NC(=O)c3ccccc3Cl)CC4)CC2)nc(C)n1. The minimum absolute atomic E-state index is 0.0121. The van der Waals surface area contributed by atoms with E-state index >= 15 is 4.39 Å². The molecule has 1 aliphatic heterocycles. The molecule has 1 N–H and O–H groups in total. The summed E-state index contributed by atoms with van der Waals surface area (Å²) >= 11 is 6.16. The van der Waals surface area contributed by atoms with Gasteiger partial charge in [-0.3, -0.25) is 9.59 Å². The molecule has 0 spiro atoms. The van der Waals surface area contributed by atoms with E-state index in [9.17, 15) is 9.59 Å². The smallest absolute Gasteiger partial charge is 0.256 e. The molecule has 7 nitrogen and oxygen atoms in total. The molecule has 1 saturated heterocycles. The van der Waals surface area contributed by atoms with Crippen molar-refractivity contribution in [1.29, 1.82) is 0 Å². The van der Waals surface area contributed by atoms with E-state index in [4.69, 9.17) is 11.6 Å². The van der Waals surface area contributed by atoms with Gasteiger partial charge in [-0.05, 0) is 74.9 Å². The summed E-state index contributed by atoms with van der Waals surface area (Å²) in [5.41, 5.74) is 2.99. The molecule has 0 unspecified atom stereocenters. The molecule has 2 aliphatic rings. The Hall–Kier alpha value is -3.52. The molecule has 2 heterocycles. The molecular weight excluding hydrogens is 505 g/mol. The van der Waals surface area contributed by atoms with E-state index in [-0.39, 0.29) is 29.5 Å². The lowest BCUT2D eigenvalue weighted by molar-refractivity contribution is 0.0704. The summed E-state index contributed by atoms with van der Waals surface area (Å²) in [4.78, 5) is 38.9. The van der Waals surface area contributed by atoms with Crippen LogP contribution in [0.15, 0.2) is 42.5 Å². The Morgan fingerprint density at radius 1 is 1.05 bits per heavy atom. The van der Waals surface area contributed by atoms with E-state index in [1.807, 2.05) is 19.9 Å². The number of nitrogens with one attached hydrogen (secondary N) is 1. The molecule has 0 bridgehead atoms. The van der Waals surface area contributed by atoms with Crippen molar-refractivity contribution in [3.8, 4) is 0 Å². The first-order valence-electron chi connectivity index (χ1n) is 12.9. The van der Waals surface area contributed by atoms with Crippen molar-refractivity contribution < 1.29 is 14.0 Å². The maximum absolute atomic E-state index is 15.3. The van der Waals surface area contributed by atoms with Gasteiger partial charge in [0, 0.05) is 37.9 Å². The summed E-state index contributed by atoms with van der Waals surface area (Å²) in [5, 5.41) is 3.34. The van der Waals surface area contributed by atoms with Crippen LogP contribution in [0.3, 0.4) is 0 Å². The highest BCUT2D eigenvalue weighted by molar-refractivity contribution is 6.33. The average Bonchev–Trinajstić information content (AvgIpc) is 3.28. The minimum Gasteiger partial charge on any atom is -0.356 e. The second kappa shape index (κ2) is 10.7. The predicted octanol–water partition coefficient (Wildman–Crippen LogP) is 5.04. The molecule has 1 fully saturated rings. The number of hydrogen-bond donors (Lipinski definition) is 1. The normalized spacial score (nSPS) is 17.3. The van der Waals surface area contributed by atoms with Gasteiger partial charge >= 0.3 is 0 Å². The van der Waals surface area contributed by atoms with Crippen LogP contribution in [0.1, 0.15) is 68.7 Å². The molecule has 5 rings (SSSR count). The first-order chi connectivity index (χ1) is 18.2. The second-order valence-corrected chi connectivity index (χ2v) is 10.5. The van der Waals surface area contributed by atoms with Crippen molar-refractivity contribution in [3.63, 3.8) is 0 Å². The van der Waals surface area contributed by atoms with Crippen LogP contribution < -0.4 is 10.2 Å². The number of nitrogens with zero attached hydrogens (tertiary/aromatic N) is 4. The quantitative estimate of drug-likeness (QED) is 0.495. The molecule has 3 aromatic rings. The maximum Gasteiger partial charge on any atom is 0.256 e. The van der Waals surface area contributed by atoms with E-state index in [1.54, 1.807) is 42.3 Å². The van der Waals surface area contributed by atoms with Gasteiger partial charge in [0.25, 0.3) is 11.8 Å². The number of halogens is 2. The summed E-state index contributed by atoms with van der Waals surface area (Å²) < 4.78 is 15.3. The number of aromatic nitrogens is 2. The standard InChI is InChI=1S/C29H31ClFN5O2/c1-17-14-27(33-18(2)32-17)36-12-10-20(11-13-36)35(3)29(38)23-15-19-8-9-26(22(19)16-25(23)31)34-28(37)21-6-4-5-7-24(21)30/h4-7,14-16,20,26H,8-13H2,1-3H3,(H,34,37)/t26-/m1/s1. The van der Waals surface area contributed by atoms with Crippen LogP contribution in [0.2, 0.25) is 5.02 Å². The van der Waals surface area contributed by atoms with Gasteiger partial charge in [0.2, 0.25) is 0 Å². The molecule has 38 heavy (non-hydrogen) atoms. The lowest BCUT2D eigenvalue weighted by atomic mass is 10.00. The second-order valence-electron chi connectivity index (χ2n) is 10.1. The lowest BCUT2D eigenvalue weighted by Crippen LogP contribution is -2.46. The molecule has 0 saturated carbocycles. The Morgan fingerprint density at radius 2 is 1.79 bits per heavy atom. The number of rotatable bonds is 5. The summed E-state index contributed by atoms with van der Waals surface area (Å²) in [7, 11) is 1.75. The van der Waals surface area contributed by atoms with Gasteiger partial charge in [0.05, 0.1) is 22.2 Å². The zero-order chi connectivity index (χ0) is 27.0. The summed E-state index contributed by atoms with van der Waals surface area (Å²) in [6.45, 7) is 5.36. The Morgan fingerprint density at radius 3 is 2.50 bits per heavy atom. The van der Waals surface area contributed by atoms with Crippen LogP contribution >= 0.6 is 11.6 Å². The molecule has 1 aliphatic carbocycles. The Kier molecular flexibility index (Phi) is 7.34. The molecule has 2 aromatic carbocycles. The molecule has 2 amide bonds. The fraction of sp³-hybridized carbons (Fsp3) is 0.379. The zero-order valence-electron chi connectivity index (χ0n) is 21.8. The minimum atomic E-state index is -0.566. The molecule has 0 radical (unpaired) electrons. The third-order valence-electron chi connectivity index (χ3n) is 7.57. The van der Waals surface area contributed by atoms with Crippen molar-refractivity contribution in [2.45, 2.75) is 51.6 Å². The first kappa shape index (κ1) is 26.1. The Bertz CT molecular complexity index is 1370. The number of hydrogen-bond acceptors (Lipinski definition) is 5. The van der Waals surface area contributed by atoms with Crippen molar-refractivity contribution >= 4 is 29.2 Å². The first-order valence-corrected chi connectivity index (χ1v) is 13.3. The van der Waals surface area contributed by atoms with Crippen LogP contribution in [0.4, 0.5) is 10.2 Å². The van der Waals surface area contributed by atoms with Gasteiger partial charge in [-0.1, -0.05) is 23.7 Å². The van der Waals surface area contributed by atoms with E-state index in [0.717, 1.165) is 48.8 Å². The monoisotopic (exact) mass is 535 g/mol. The number of benzene rings is 2. The average molecular weight is 536 g/mol. The summed E-state index contributed by atoms with van der Waals surface area (Å²) in [6.07, 6.45) is 2.84. The molecule has 1 atom stereocenters. The molecular formula is C29H31ClFN5O2. The Labute approximate surface area is 227 Å². The topological polar surface area (TPSA) is 78.4 Å². The van der Waals surface area contributed by atoms with Crippen LogP contribution in [-0.4, -0.2) is 52.9 Å². The number of aryl methyl sites for hydroxylation is 3. The maximum atomic E-state index is 15.3. The number of carbonyl (C=O) groups excluding carboxylic acids is 2. The fourth-order valence-electron chi connectivity index (χ4n) is 5.52. The van der Waals surface area contributed by atoms with E-state index < -0.39 is 5.82 Å². The van der Waals surface area contributed by atoms with Gasteiger partial charge < -0.3 is 15.1 Å². The van der Waals surface area contributed by atoms with Crippen LogP contribution in [0, 0.1) is 19.7 Å². The number of amides is 2. The number of anilines is 1. The number of fused-ring (bicyclic) bond motifs is 1. The van der Waals surface area contributed by atoms with Gasteiger partial charge in [0.15, 0.2) is 0 Å². The van der Waals surface area contributed by atoms with Crippen molar-refractivity contribution in [2.75, 3.05) is 25.0 Å². The highest BCUT2D eigenvalue weighted by Gasteiger charge is 2.31. The van der Waals surface area contributed by atoms with E-state index in [2.05, 4.69) is 20.2 Å².